The number of rotatable bonds is 7. The van der Waals surface area contributed by atoms with E-state index < -0.39 is 0 Å². The van der Waals surface area contributed by atoms with E-state index in [0.29, 0.717) is 18.9 Å². The first-order valence-corrected chi connectivity index (χ1v) is 11.9. The molecule has 1 saturated heterocycles. The van der Waals surface area contributed by atoms with Crippen molar-refractivity contribution < 1.29 is 9.53 Å². The summed E-state index contributed by atoms with van der Waals surface area (Å²) in [5.74, 6) is 2.16. The Kier molecular flexibility index (Phi) is 6.43. The van der Waals surface area contributed by atoms with E-state index in [1.807, 2.05) is 35.7 Å². The first-order valence-electron chi connectivity index (χ1n) is 11.0. The second kappa shape index (κ2) is 9.96. The molecule has 3 aromatic heterocycles. The zero-order chi connectivity index (χ0) is 23.3. The predicted octanol–water partition coefficient (Wildman–Crippen LogP) is 2.72. The highest BCUT2D eigenvalue weighted by molar-refractivity contribution is 7.13. The first kappa shape index (κ1) is 22.0. The Morgan fingerprint density at radius 1 is 1.21 bits per heavy atom. The molecule has 34 heavy (non-hydrogen) atoms. The monoisotopic (exact) mass is 476 g/mol. The lowest BCUT2D eigenvalue weighted by atomic mass is 9.97. The Bertz CT molecular complexity index is 1240. The van der Waals surface area contributed by atoms with E-state index in [-0.39, 0.29) is 11.8 Å². The molecule has 174 valence electrons. The Balaban J connectivity index is 1.19. The molecule has 0 spiro atoms. The van der Waals surface area contributed by atoms with Gasteiger partial charge in [-0.15, -0.1) is 11.3 Å². The number of ether oxygens (including phenoxy) is 1. The smallest absolute Gasteiger partial charge is 0.225 e. The number of anilines is 1. The van der Waals surface area contributed by atoms with Gasteiger partial charge in [0, 0.05) is 30.1 Å². The van der Waals surface area contributed by atoms with Gasteiger partial charge >= 0.3 is 0 Å². The maximum absolute atomic E-state index is 12.9. The van der Waals surface area contributed by atoms with Gasteiger partial charge in [0.25, 0.3) is 0 Å². The van der Waals surface area contributed by atoms with E-state index in [1.165, 1.54) is 12.7 Å². The largest absolute Gasteiger partial charge is 0.497 e. The molecule has 0 aliphatic carbocycles. The standard InChI is InChI=1S/C23H24N8O2S/c1-33-19-6-4-16(5-7-19)23-29-18(12-34-23)10-25-22(32)17-3-2-8-30(11-17)20-9-21(27-14-26-20)31-15-24-13-28-31/h4-7,9,12-15,17H,2-3,8,10-11H2,1H3,(H,25,32). The summed E-state index contributed by atoms with van der Waals surface area (Å²) >= 11 is 1.56. The van der Waals surface area contributed by atoms with Crippen molar-refractivity contribution in [1.29, 1.82) is 0 Å². The normalized spacial score (nSPS) is 15.8. The van der Waals surface area contributed by atoms with Crippen molar-refractivity contribution in [3.63, 3.8) is 0 Å². The fraction of sp³-hybridized carbons (Fsp3) is 0.304. The fourth-order valence-electron chi connectivity index (χ4n) is 3.94. The molecule has 5 rings (SSSR count). The number of benzene rings is 1. The molecule has 0 saturated carbocycles. The average molecular weight is 477 g/mol. The molecule has 1 aromatic carbocycles. The van der Waals surface area contributed by atoms with Gasteiger partial charge in [-0.05, 0) is 37.1 Å². The number of hydrogen-bond acceptors (Lipinski definition) is 9. The third-order valence-corrected chi connectivity index (χ3v) is 6.68. The summed E-state index contributed by atoms with van der Waals surface area (Å²) in [7, 11) is 1.65. The van der Waals surface area contributed by atoms with E-state index in [1.54, 1.807) is 29.5 Å². The van der Waals surface area contributed by atoms with Gasteiger partial charge in [-0.1, -0.05) is 0 Å². The molecule has 1 aliphatic heterocycles. The molecule has 1 aliphatic rings. The maximum atomic E-state index is 12.9. The van der Waals surface area contributed by atoms with Crippen LogP contribution in [0.1, 0.15) is 18.5 Å². The minimum atomic E-state index is -0.113. The van der Waals surface area contributed by atoms with Crippen LogP contribution in [0.15, 0.2) is 54.7 Å². The van der Waals surface area contributed by atoms with Gasteiger partial charge in [-0.25, -0.2) is 24.6 Å². The summed E-state index contributed by atoms with van der Waals surface area (Å²) in [5, 5.41) is 10.1. The second-order valence-electron chi connectivity index (χ2n) is 7.95. The number of thiazole rings is 1. The summed E-state index contributed by atoms with van der Waals surface area (Å²) < 4.78 is 6.80. The van der Waals surface area contributed by atoms with Crippen LogP contribution < -0.4 is 15.0 Å². The molecule has 10 nitrogen and oxygen atoms in total. The van der Waals surface area contributed by atoms with Gasteiger partial charge in [0.05, 0.1) is 25.3 Å². The minimum Gasteiger partial charge on any atom is -0.497 e. The van der Waals surface area contributed by atoms with Crippen molar-refractivity contribution in [3.8, 4) is 22.1 Å². The number of carbonyl (C=O) groups is 1. The molecular weight excluding hydrogens is 452 g/mol. The van der Waals surface area contributed by atoms with Gasteiger partial charge < -0.3 is 15.0 Å². The molecule has 0 radical (unpaired) electrons. The lowest BCUT2D eigenvalue weighted by Crippen LogP contribution is -2.43. The van der Waals surface area contributed by atoms with Crippen LogP contribution in [-0.2, 0) is 11.3 Å². The number of amides is 1. The van der Waals surface area contributed by atoms with Crippen molar-refractivity contribution in [2.75, 3.05) is 25.1 Å². The highest BCUT2D eigenvalue weighted by atomic mass is 32.1. The van der Waals surface area contributed by atoms with Crippen LogP contribution in [0.25, 0.3) is 16.4 Å². The van der Waals surface area contributed by atoms with Crippen LogP contribution in [0.2, 0.25) is 0 Å². The van der Waals surface area contributed by atoms with Crippen LogP contribution in [0.3, 0.4) is 0 Å². The van der Waals surface area contributed by atoms with Gasteiger partial charge in [-0.2, -0.15) is 5.10 Å². The Hall–Kier alpha value is -3.86. The van der Waals surface area contributed by atoms with E-state index in [9.17, 15) is 4.79 Å². The Morgan fingerprint density at radius 2 is 2.06 bits per heavy atom. The highest BCUT2D eigenvalue weighted by Crippen LogP contribution is 2.26. The Morgan fingerprint density at radius 3 is 2.85 bits per heavy atom. The maximum Gasteiger partial charge on any atom is 0.225 e. The van der Waals surface area contributed by atoms with Crippen LogP contribution >= 0.6 is 11.3 Å². The number of aromatic nitrogens is 6. The molecule has 1 N–H and O–H groups in total. The number of methoxy groups -OCH3 is 1. The molecule has 4 aromatic rings. The molecule has 1 atom stereocenters. The molecule has 4 heterocycles. The van der Waals surface area contributed by atoms with Crippen LogP contribution in [0, 0.1) is 5.92 Å². The zero-order valence-electron chi connectivity index (χ0n) is 18.7. The lowest BCUT2D eigenvalue weighted by molar-refractivity contribution is -0.125. The first-order chi connectivity index (χ1) is 16.7. The molecule has 1 unspecified atom stereocenters. The van der Waals surface area contributed by atoms with Crippen molar-refractivity contribution in [2.24, 2.45) is 5.92 Å². The number of nitrogens with one attached hydrogen (secondary N) is 1. The summed E-state index contributed by atoms with van der Waals surface area (Å²) in [6, 6.07) is 9.67. The van der Waals surface area contributed by atoms with Crippen molar-refractivity contribution >= 4 is 23.1 Å². The summed E-state index contributed by atoms with van der Waals surface area (Å²) in [6.07, 6.45) is 6.33. The number of nitrogens with zero attached hydrogens (tertiary/aromatic N) is 7. The fourth-order valence-corrected chi connectivity index (χ4v) is 4.76. The number of carbonyl (C=O) groups excluding carboxylic acids is 1. The molecule has 1 amide bonds. The summed E-state index contributed by atoms with van der Waals surface area (Å²) in [4.78, 5) is 32.3. The van der Waals surface area contributed by atoms with E-state index >= 15 is 0 Å². The third kappa shape index (κ3) is 4.88. The number of hydrogen-bond donors (Lipinski definition) is 1. The average Bonchev–Trinajstić information content (AvgIpc) is 3.60. The van der Waals surface area contributed by atoms with Gasteiger partial charge in [-0.3, -0.25) is 4.79 Å². The summed E-state index contributed by atoms with van der Waals surface area (Å²) in [5.41, 5.74) is 1.88. The van der Waals surface area contributed by atoms with E-state index in [0.717, 1.165) is 47.2 Å². The van der Waals surface area contributed by atoms with Crippen molar-refractivity contribution in [3.05, 3.63) is 60.4 Å². The predicted molar refractivity (Wildman–Crippen MR) is 128 cm³/mol. The number of piperidine rings is 1. The van der Waals surface area contributed by atoms with E-state index in [2.05, 4.69) is 35.3 Å². The van der Waals surface area contributed by atoms with Crippen LogP contribution in [-0.4, -0.2) is 55.8 Å². The van der Waals surface area contributed by atoms with Crippen LogP contribution in [0.5, 0.6) is 5.75 Å². The van der Waals surface area contributed by atoms with Gasteiger partial charge in [0.15, 0.2) is 5.82 Å². The topological polar surface area (TPSA) is 111 Å². The van der Waals surface area contributed by atoms with Crippen molar-refractivity contribution in [1.82, 2.24) is 35.0 Å². The minimum absolute atomic E-state index is 0.0363. The molecule has 0 bridgehead atoms. The summed E-state index contributed by atoms with van der Waals surface area (Å²) in [6.45, 7) is 1.86. The zero-order valence-corrected chi connectivity index (χ0v) is 19.5. The SMILES string of the molecule is COc1ccc(-c2nc(CNC(=O)C3CCCN(c4cc(-n5cncn5)ncn4)C3)cs2)cc1. The Labute approximate surface area is 200 Å². The van der Waals surface area contributed by atoms with Crippen molar-refractivity contribution in [2.45, 2.75) is 19.4 Å². The molecule has 11 heteroatoms. The lowest BCUT2D eigenvalue weighted by Gasteiger charge is -2.32. The quantitative estimate of drug-likeness (QED) is 0.433. The van der Waals surface area contributed by atoms with E-state index in [4.69, 9.17) is 4.74 Å². The van der Waals surface area contributed by atoms with Gasteiger partial charge in [0.1, 0.15) is 35.6 Å². The molecular formula is C23H24N8O2S. The second-order valence-corrected chi connectivity index (χ2v) is 8.81. The third-order valence-electron chi connectivity index (χ3n) is 5.74. The molecule has 1 fully saturated rings. The highest BCUT2D eigenvalue weighted by Gasteiger charge is 2.27. The van der Waals surface area contributed by atoms with Crippen LogP contribution in [0.4, 0.5) is 5.82 Å². The van der Waals surface area contributed by atoms with Gasteiger partial charge in [0.2, 0.25) is 5.91 Å².